The van der Waals surface area contributed by atoms with Crippen LogP contribution >= 0.6 is 0 Å². The largest absolute Gasteiger partial charge is 0.301 e. The summed E-state index contributed by atoms with van der Waals surface area (Å²) in [7, 11) is 2.25. The number of fused-ring (bicyclic) bond motifs is 8. The smallest absolute Gasteiger partial charge is 0.0241 e. The highest BCUT2D eigenvalue weighted by atomic mass is 15.3. The minimum atomic E-state index is 0.749. The SMILES string of the molecule is CC(C)N1CC2CC1CN2C.CC(C)N1CC2CCC1C2.CC(C)N1CC2CCC1C2.CC(C)N1CCC2CCC1C2. The lowest BCUT2D eigenvalue weighted by Crippen LogP contribution is -2.47. The first-order valence-corrected chi connectivity index (χ1v) is 18.7. The van der Waals surface area contributed by atoms with Crippen LogP contribution in [0.25, 0.3) is 0 Å². The average molecular weight is 586 g/mol. The first-order chi connectivity index (χ1) is 20.0. The molecule has 5 nitrogen and oxygen atoms in total. The molecule has 0 amide bonds. The molecule has 3 saturated carbocycles. The van der Waals surface area contributed by atoms with Crippen molar-refractivity contribution in [3.05, 3.63) is 0 Å². The molecule has 8 rings (SSSR count). The van der Waals surface area contributed by atoms with Gasteiger partial charge in [0.15, 0.2) is 0 Å². The van der Waals surface area contributed by atoms with Crippen molar-refractivity contribution in [3.8, 4) is 0 Å². The zero-order chi connectivity index (χ0) is 30.1. The second-order valence-electron chi connectivity index (χ2n) is 17.0. The van der Waals surface area contributed by atoms with E-state index in [-0.39, 0.29) is 0 Å². The van der Waals surface area contributed by atoms with Crippen LogP contribution < -0.4 is 0 Å². The third-order valence-corrected chi connectivity index (χ3v) is 12.9. The van der Waals surface area contributed by atoms with Gasteiger partial charge in [-0.1, -0.05) is 0 Å². The van der Waals surface area contributed by atoms with Crippen molar-refractivity contribution in [2.45, 2.75) is 180 Å². The highest BCUT2D eigenvalue weighted by Crippen LogP contribution is 2.39. The molecule has 5 heteroatoms. The van der Waals surface area contributed by atoms with Gasteiger partial charge in [0, 0.05) is 80.6 Å². The monoisotopic (exact) mass is 586 g/mol. The summed E-state index contributed by atoms with van der Waals surface area (Å²) >= 11 is 0. The Balaban J connectivity index is 0.000000112. The fourth-order valence-electron chi connectivity index (χ4n) is 10.5. The molecule has 0 N–H and O–H groups in total. The number of likely N-dealkylation sites (N-methyl/N-ethyl adjacent to an activating group) is 1. The van der Waals surface area contributed by atoms with Crippen LogP contribution in [-0.4, -0.2) is 119 Å². The van der Waals surface area contributed by atoms with E-state index in [9.17, 15) is 0 Å². The van der Waals surface area contributed by atoms with Crippen molar-refractivity contribution in [1.29, 1.82) is 0 Å². The van der Waals surface area contributed by atoms with E-state index in [0.29, 0.717) is 0 Å². The van der Waals surface area contributed by atoms with Crippen LogP contribution in [0.2, 0.25) is 0 Å². The first kappa shape index (κ1) is 33.2. The topological polar surface area (TPSA) is 16.2 Å². The van der Waals surface area contributed by atoms with Crippen LogP contribution in [0, 0.1) is 17.8 Å². The lowest BCUT2D eigenvalue weighted by Gasteiger charge is -2.36. The minimum Gasteiger partial charge on any atom is -0.301 e. The van der Waals surface area contributed by atoms with Crippen molar-refractivity contribution in [2.75, 3.05) is 39.8 Å². The van der Waals surface area contributed by atoms with Gasteiger partial charge in [0.1, 0.15) is 0 Å². The molecule has 8 fully saturated rings. The fourth-order valence-corrected chi connectivity index (χ4v) is 10.5. The first-order valence-electron chi connectivity index (χ1n) is 18.7. The van der Waals surface area contributed by atoms with Gasteiger partial charge in [0.25, 0.3) is 0 Å². The molecular formula is C37H71N5. The number of rotatable bonds is 4. The van der Waals surface area contributed by atoms with Crippen LogP contribution in [0.1, 0.15) is 126 Å². The molecule has 42 heavy (non-hydrogen) atoms. The molecule has 5 aliphatic heterocycles. The van der Waals surface area contributed by atoms with Crippen LogP contribution in [-0.2, 0) is 0 Å². The molecule has 8 aliphatic rings. The maximum atomic E-state index is 2.70. The number of nitrogens with zero attached hydrogens (tertiary/aromatic N) is 5. The van der Waals surface area contributed by atoms with Gasteiger partial charge in [-0.2, -0.15) is 0 Å². The minimum absolute atomic E-state index is 0.749. The van der Waals surface area contributed by atoms with Gasteiger partial charge in [0.05, 0.1) is 0 Å². The van der Waals surface area contributed by atoms with E-state index in [0.717, 1.165) is 72.1 Å². The van der Waals surface area contributed by atoms with E-state index < -0.39 is 0 Å². The van der Waals surface area contributed by atoms with Crippen molar-refractivity contribution in [1.82, 2.24) is 24.5 Å². The predicted octanol–water partition coefficient (Wildman–Crippen LogP) is 6.81. The van der Waals surface area contributed by atoms with Crippen molar-refractivity contribution in [2.24, 2.45) is 17.8 Å². The van der Waals surface area contributed by atoms with E-state index in [1.165, 1.54) is 103 Å². The van der Waals surface area contributed by atoms with Gasteiger partial charge in [-0.3, -0.25) is 19.6 Å². The Bertz CT molecular complexity index is 791. The Labute approximate surface area is 262 Å². The second kappa shape index (κ2) is 14.5. The summed E-state index contributed by atoms with van der Waals surface area (Å²) in [5.74, 6) is 3.22. The zero-order valence-corrected chi connectivity index (χ0v) is 29.5. The normalized spacial score (nSPS) is 39.4. The molecule has 0 aromatic heterocycles. The molecular weight excluding hydrogens is 514 g/mol. The zero-order valence-electron chi connectivity index (χ0n) is 29.5. The third-order valence-electron chi connectivity index (χ3n) is 12.9. The molecule has 0 aromatic carbocycles. The summed E-state index contributed by atoms with van der Waals surface area (Å²) in [5.41, 5.74) is 0. The quantitative estimate of drug-likeness (QED) is 0.359. The highest BCUT2D eigenvalue weighted by Gasteiger charge is 2.42. The van der Waals surface area contributed by atoms with Gasteiger partial charge in [-0.25, -0.2) is 0 Å². The summed E-state index contributed by atoms with van der Waals surface area (Å²) < 4.78 is 0. The number of likely N-dealkylation sites (tertiary alicyclic amines) is 5. The Hall–Kier alpha value is -0.200. The third kappa shape index (κ3) is 7.77. The number of hydrogen-bond donors (Lipinski definition) is 0. The molecule has 5 heterocycles. The second-order valence-corrected chi connectivity index (χ2v) is 17.0. The van der Waals surface area contributed by atoms with Crippen molar-refractivity contribution >= 4 is 0 Å². The molecule has 244 valence electrons. The lowest BCUT2D eigenvalue weighted by molar-refractivity contribution is 0.119. The summed E-state index contributed by atoms with van der Waals surface area (Å²) in [5, 5.41) is 0. The van der Waals surface area contributed by atoms with E-state index >= 15 is 0 Å². The lowest BCUT2D eigenvalue weighted by atomic mass is 9.98. The van der Waals surface area contributed by atoms with Crippen LogP contribution in [0.5, 0.6) is 0 Å². The summed E-state index contributed by atoms with van der Waals surface area (Å²) in [6, 6.07) is 7.71. The van der Waals surface area contributed by atoms with Crippen LogP contribution in [0.3, 0.4) is 0 Å². The summed E-state index contributed by atoms with van der Waals surface area (Å²) in [4.78, 5) is 13.2. The molecule has 3 aliphatic carbocycles. The Kier molecular flexibility index (Phi) is 11.4. The predicted molar refractivity (Wildman–Crippen MR) is 180 cm³/mol. The maximum Gasteiger partial charge on any atom is 0.0241 e. The van der Waals surface area contributed by atoms with Crippen molar-refractivity contribution < 1.29 is 0 Å². The average Bonchev–Trinajstić information content (AvgIpc) is 3.80. The molecule has 8 bridgehead atoms. The maximum absolute atomic E-state index is 2.70. The van der Waals surface area contributed by atoms with Gasteiger partial charge in [-0.15, -0.1) is 0 Å². The van der Waals surface area contributed by atoms with Gasteiger partial charge in [-0.05, 0) is 157 Å². The fraction of sp³-hybridized carbons (Fsp3) is 1.00. The number of piperidine rings is 3. The summed E-state index contributed by atoms with van der Waals surface area (Å²) in [6.45, 7) is 25.3. The Morgan fingerprint density at radius 1 is 0.381 bits per heavy atom. The molecule has 5 saturated heterocycles. The highest BCUT2D eigenvalue weighted by molar-refractivity contribution is 4.99. The molecule has 8 atom stereocenters. The van der Waals surface area contributed by atoms with E-state index in [2.05, 4.69) is 86.9 Å². The van der Waals surface area contributed by atoms with Gasteiger partial charge in [0.2, 0.25) is 0 Å². The van der Waals surface area contributed by atoms with E-state index in [4.69, 9.17) is 0 Å². The van der Waals surface area contributed by atoms with Crippen molar-refractivity contribution in [3.63, 3.8) is 0 Å². The van der Waals surface area contributed by atoms with Gasteiger partial charge >= 0.3 is 0 Å². The standard InChI is InChI=1S/C10H19N.C9H18N2.2C9H17N/c1-8(2)11-6-5-9-3-4-10(11)7-9;1-7(2)11-6-8-4-9(11)5-10(8)3;2*1-7(2)10-6-8-3-4-9(10)5-8/h8-10H,3-7H2,1-2H3;7-9H,4-6H2,1-3H3;2*7-9H,3-6H2,1-2H3. The van der Waals surface area contributed by atoms with E-state index in [1.54, 1.807) is 0 Å². The molecule has 8 unspecified atom stereocenters. The Morgan fingerprint density at radius 2 is 0.810 bits per heavy atom. The number of hydrogen-bond acceptors (Lipinski definition) is 5. The molecule has 0 aromatic rings. The molecule has 0 radical (unpaired) electrons. The van der Waals surface area contributed by atoms with Crippen LogP contribution in [0.15, 0.2) is 0 Å². The van der Waals surface area contributed by atoms with E-state index in [1.807, 2.05) is 0 Å². The molecule has 0 spiro atoms. The summed E-state index contributed by atoms with van der Waals surface area (Å²) in [6.07, 6.45) is 16.3. The van der Waals surface area contributed by atoms with Gasteiger partial charge < -0.3 is 4.90 Å². The Morgan fingerprint density at radius 3 is 1.17 bits per heavy atom. The number of piperazine rings is 1. The van der Waals surface area contributed by atoms with Crippen LogP contribution in [0.4, 0.5) is 0 Å².